The number of benzene rings is 1. The topological polar surface area (TPSA) is 73.6 Å². The van der Waals surface area contributed by atoms with E-state index in [4.69, 9.17) is 13.9 Å². The van der Waals surface area contributed by atoms with Gasteiger partial charge in [-0.25, -0.2) is 0 Å². The van der Waals surface area contributed by atoms with Crippen molar-refractivity contribution >= 4 is 5.91 Å². The van der Waals surface area contributed by atoms with Crippen LogP contribution >= 0.6 is 0 Å². The number of ether oxygens (including phenoxy) is 2. The first-order valence-electron chi connectivity index (χ1n) is 7.92. The average Bonchev–Trinajstić information content (AvgIpc) is 3.31. The fourth-order valence-corrected chi connectivity index (χ4v) is 2.71. The van der Waals surface area contributed by atoms with Gasteiger partial charge in [0.15, 0.2) is 17.3 Å². The number of nitrogens with zero attached hydrogens (tertiary/aromatic N) is 1. The van der Waals surface area contributed by atoms with Crippen molar-refractivity contribution in [3.05, 3.63) is 66.1 Å². The van der Waals surface area contributed by atoms with Gasteiger partial charge in [-0.15, -0.1) is 0 Å². The SMILES string of the molecule is O=C(Cc1ccc2c(c1)OCO2)NCc1cccnc1-c1ccco1. The first kappa shape index (κ1) is 15.3. The molecule has 1 aromatic carbocycles. The molecular weight excluding hydrogens is 320 g/mol. The van der Waals surface area contributed by atoms with Crippen LogP contribution in [0.15, 0.2) is 59.3 Å². The second-order valence-electron chi connectivity index (χ2n) is 5.63. The molecule has 1 amide bonds. The predicted octanol–water partition coefficient (Wildman–Crippen LogP) is 2.93. The van der Waals surface area contributed by atoms with Gasteiger partial charge in [0, 0.05) is 18.3 Å². The Balaban J connectivity index is 1.41. The first-order chi connectivity index (χ1) is 12.3. The maximum atomic E-state index is 12.3. The highest BCUT2D eigenvalue weighted by atomic mass is 16.7. The lowest BCUT2D eigenvalue weighted by Gasteiger charge is -2.09. The third kappa shape index (κ3) is 3.33. The number of carbonyl (C=O) groups excluding carboxylic acids is 1. The number of fused-ring (bicyclic) bond motifs is 1. The molecule has 6 heteroatoms. The van der Waals surface area contributed by atoms with Gasteiger partial charge in [-0.05, 0) is 35.9 Å². The monoisotopic (exact) mass is 336 g/mol. The number of pyridine rings is 1. The van der Waals surface area contributed by atoms with Crippen LogP contribution in [0.3, 0.4) is 0 Å². The number of aromatic nitrogens is 1. The summed E-state index contributed by atoms with van der Waals surface area (Å²) in [6.45, 7) is 0.606. The molecule has 4 rings (SSSR count). The largest absolute Gasteiger partial charge is 0.463 e. The lowest BCUT2D eigenvalue weighted by atomic mass is 10.1. The summed E-state index contributed by atoms with van der Waals surface area (Å²) in [7, 11) is 0. The van der Waals surface area contributed by atoms with Crippen LogP contribution in [0.1, 0.15) is 11.1 Å². The number of hydrogen-bond acceptors (Lipinski definition) is 5. The Bertz CT molecular complexity index is 890. The van der Waals surface area contributed by atoms with Crippen molar-refractivity contribution in [1.29, 1.82) is 0 Å². The third-order valence-electron chi connectivity index (χ3n) is 3.92. The number of rotatable bonds is 5. The van der Waals surface area contributed by atoms with E-state index in [-0.39, 0.29) is 19.1 Å². The second kappa shape index (κ2) is 6.68. The summed E-state index contributed by atoms with van der Waals surface area (Å²) in [5.74, 6) is 1.99. The number of hydrogen-bond donors (Lipinski definition) is 1. The molecule has 2 aromatic heterocycles. The fourth-order valence-electron chi connectivity index (χ4n) is 2.71. The van der Waals surface area contributed by atoms with Gasteiger partial charge in [-0.3, -0.25) is 9.78 Å². The Morgan fingerprint density at radius 2 is 2.04 bits per heavy atom. The van der Waals surface area contributed by atoms with E-state index in [1.165, 1.54) is 0 Å². The maximum absolute atomic E-state index is 12.3. The highest BCUT2D eigenvalue weighted by Gasteiger charge is 2.15. The van der Waals surface area contributed by atoms with Crippen LogP contribution < -0.4 is 14.8 Å². The summed E-state index contributed by atoms with van der Waals surface area (Å²) in [4.78, 5) is 16.6. The minimum atomic E-state index is -0.0758. The van der Waals surface area contributed by atoms with Crippen molar-refractivity contribution in [1.82, 2.24) is 10.3 Å². The quantitative estimate of drug-likeness (QED) is 0.775. The summed E-state index contributed by atoms with van der Waals surface area (Å²) in [5, 5.41) is 2.92. The Labute approximate surface area is 144 Å². The summed E-state index contributed by atoms with van der Waals surface area (Å²) >= 11 is 0. The number of nitrogens with one attached hydrogen (secondary N) is 1. The fraction of sp³-hybridized carbons (Fsp3) is 0.158. The molecule has 25 heavy (non-hydrogen) atoms. The van der Waals surface area contributed by atoms with Gasteiger partial charge in [-0.2, -0.15) is 0 Å². The van der Waals surface area contributed by atoms with Crippen molar-refractivity contribution in [2.45, 2.75) is 13.0 Å². The molecular formula is C19H16N2O4. The standard InChI is InChI=1S/C19H16N2O4/c22-18(10-13-5-6-15-17(9-13)25-12-24-15)21-11-14-3-1-7-20-19(14)16-4-2-8-23-16/h1-9H,10-12H2,(H,21,22). The van der Waals surface area contributed by atoms with Crippen molar-refractivity contribution in [2.75, 3.05) is 6.79 Å². The van der Waals surface area contributed by atoms with E-state index < -0.39 is 0 Å². The Morgan fingerprint density at radius 1 is 1.12 bits per heavy atom. The highest BCUT2D eigenvalue weighted by molar-refractivity contribution is 5.79. The normalized spacial score (nSPS) is 12.2. The molecule has 0 radical (unpaired) electrons. The van der Waals surface area contributed by atoms with Gasteiger partial charge in [0.25, 0.3) is 0 Å². The average molecular weight is 336 g/mol. The van der Waals surface area contributed by atoms with Crippen molar-refractivity contribution in [2.24, 2.45) is 0 Å². The Kier molecular flexibility index (Phi) is 4.08. The zero-order valence-corrected chi connectivity index (χ0v) is 13.4. The van der Waals surface area contributed by atoms with Gasteiger partial charge in [0.05, 0.1) is 12.7 Å². The molecule has 126 valence electrons. The van der Waals surface area contributed by atoms with Crippen LogP contribution in [0.5, 0.6) is 11.5 Å². The minimum absolute atomic E-state index is 0.0758. The lowest BCUT2D eigenvalue weighted by Crippen LogP contribution is -2.24. The van der Waals surface area contributed by atoms with Crippen LogP contribution in [-0.4, -0.2) is 17.7 Å². The van der Waals surface area contributed by atoms with E-state index in [2.05, 4.69) is 10.3 Å². The van der Waals surface area contributed by atoms with Crippen molar-refractivity contribution < 1.29 is 18.7 Å². The Hall–Kier alpha value is -3.28. The van der Waals surface area contributed by atoms with Crippen LogP contribution in [-0.2, 0) is 17.8 Å². The summed E-state index contributed by atoms with van der Waals surface area (Å²) in [5.41, 5.74) is 2.51. The molecule has 0 fully saturated rings. The van der Waals surface area contributed by atoms with Gasteiger partial charge < -0.3 is 19.2 Å². The molecule has 0 unspecified atom stereocenters. The van der Waals surface area contributed by atoms with Gasteiger partial charge >= 0.3 is 0 Å². The highest BCUT2D eigenvalue weighted by Crippen LogP contribution is 2.32. The summed E-state index contributed by atoms with van der Waals surface area (Å²) in [6, 6.07) is 12.9. The van der Waals surface area contributed by atoms with E-state index in [9.17, 15) is 4.79 Å². The predicted molar refractivity (Wildman–Crippen MR) is 90.1 cm³/mol. The number of amides is 1. The summed E-state index contributed by atoms with van der Waals surface area (Å²) < 4.78 is 16.0. The van der Waals surface area contributed by atoms with Crippen LogP contribution in [0.2, 0.25) is 0 Å². The molecule has 0 spiro atoms. The van der Waals surface area contributed by atoms with Gasteiger partial charge in [0.1, 0.15) is 5.69 Å². The molecule has 1 N–H and O–H groups in total. The molecule has 0 bridgehead atoms. The Morgan fingerprint density at radius 3 is 2.92 bits per heavy atom. The van der Waals surface area contributed by atoms with E-state index in [1.807, 2.05) is 42.5 Å². The molecule has 0 saturated carbocycles. The molecule has 0 aliphatic carbocycles. The van der Waals surface area contributed by atoms with E-state index >= 15 is 0 Å². The van der Waals surface area contributed by atoms with Crippen LogP contribution in [0.25, 0.3) is 11.5 Å². The summed E-state index contributed by atoms with van der Waals surface area (Å²) in [6.07, 6.45) is 3.58. The number of carbonyl (C=O) groups is 1. The zero-order valence-electron chi connectivity index (χ0n) is 13.4. The van der Waals surface area contributed by atoms with Gasteiger partial charge in [0.2, 0.25) is 12.7 Å². The molecule has 3 heterocycles. The van der Waals surface area contributed by atoms with E-state index in [0.29, 0.717) is 23.8 Å². The number of furan rings is 1. The molecule has 6 nitrogen and oxygen atoms in total. The molecule has 0 atom stereocenters. The van der Waals surface area contributed by atoms with E-state index in [0.717, 1.165) is 16.8 Å². The van der Waals surface area contributed by atoms with E-state index in [1.54, 1.807) is 12.5 Å². The lowest BCUT2D eigenvalue weighted by molar-refractivity contribution is -0.120. The zero-order chi connectivity index (χ0) is 17.1. The van der Waals surface area contributed by atoms with Crippen molar-refractivity contribution in [3.63, 3.8) is 0 Å². The first-order valence-corrected chi connectivity index (χ1v) is 7.92. The second-order valence-corrected chi connectivity index (χ2v) is 5.63. The van der Waals surface area contributed by atoms with Crippen LogP contribution in [0.4, 0.5) is 0 Å². The molecule has 0 saturated heterocycles. The molecule has 3 aromatic rings. The van der Waals surface area contributed by atoms with Crippen LogP contribution in [0, 0.1) is 0 Å². The van der Waals surface area contributed by atoms with Gasteiger partial charge in [-0.1, -0.05) is 12.1 Å². The molecule has 1 aliphatic rings. The minimum Gasteiger partial charge on any atom is -0.463 e. The van der Waals surface area contributed by atoms with Crippen molar-refractivity contribution in [3.8, 4) is 23.0 Å². The smallest absolute Gasteiger partial charge is 0.231 e. The third-order valence-corrected chi connectivity index (χ3v) is 3.92. The molecule has 1 aliphatic heterocycles. The maximum Gasteiger partial charge on any atom is 0.231 e.